The van der Waals surface area contributed by atoms with Gasteiger partial charge in [0, 0.05) is 47.4 Å². The van der Waals surface area contributed by atoms with Gasteiger partial charge in [-0.1, -0.05) is 54.6 Å². The second-order valence-corrected chi connectivity index (χ2v) is 11.6. The number of hydrogen-bond acceptors (Lipinski definition) is 3. The Morgan fingerprint density at radius 2 is 1.18 bits per heavy atom. The third-order valence-corrected chi connectivity index (χ3v) is 9.55. The van der Waals surface area contributed by atoms with E-state index in [9.17, 15) is 0 Å². The molecule has 0 aliphatic carbocycles. The summed E-state index contributed by atoms with van der Waals surface area (Å²) in [5, 5.41) is 9.28. The van der Waals surface area contributed by atoms with Gasteiger partial charge in [-0.3, -0.25) is 0 Å². The van der Waals surface area contributed by atoms with Gasteiger partial charge in [0.1, 0.15) is 22.3 Å². The minimum Gasteiger partial charge on any atom is -0.456 e. The molecule has 0 amide bonds. The van der Waals surface area contributed by atoms with Crippen LogP contribution in [0.2, 0.25) is 0 Å². The normalized spacial score (nSPS) is 12.5. The molecule has 186 valence electrons. The van der Waals surface area contributed by atoms with Crippen LogP contribution in [0, 0.1) is 0 Å². The molecular weight excluding hydrogens is 510 g/mol. The van der Waals surface area contributed by atoms with Crippen molar-refractivity contribution in [1.29, 1.82) is 0 Å². The molecule has 0 bridgehead atoms. The second-order valence-electron chi connectivity index (χ2n) is 10.5. The van der Waals surface area contributed by atoms with Crippen molar-refractivity contribution in [2.45, 2.75) is 0 Å². The van der Waals surface area contributed by atoms with E-state index in [1.165, 1.54) is 31.1 Å². The maximum Gasteiger partial charge on any atom is 0.147 e. The van der Waals surface area contributed by atoms with Crippen LogP contribution in [-0.2, 0) is 0 Å². The molecule has 4 heterocycles. The Labute approximate surface area is 231 Å². The van der Waals surface area contributed by atoms with Crippen LogP contribution in [0.25, 0.3) is 91.5 Å². The van der Waals surface area contributed by atoms with Crippen LogP contribution in [0.4, 0.5) is 0 Å². The van der Waals surface area contributed by atoms with Gasteiger partial charge in [0.05, 0.1) is 21.8 Å². The molecule has 0 saturated heterocycles. The number of para-hydroxylation sites is 2. The molecule has 0 fully saturated rings. The first-order chi connectivity index (χ1) is 19.8. The molecule has 3 nitrogen and oxygen atoms in total. The Morgan fingerprint density at radius 1 is 0.450 bits per heavy atom. The number of hydrogen-bond donors (Lipinski definition) is 0. The summed E-state index contributed by atoms with van der Waals surface area (Å²) < 4.78 is 18.0. The van der Waals surface area contributed by atoms with E-state index in [1.54, 1.807) is 0 Å². The summed E-state index contributed by atoms with van der Waals surface area (Å²) in [5.74, 6) is 0. The predicted molar refractivity (Wildman–Crippen MR) is 168 cm³/mol. The minimum atomic E-state index is 0.850. The Hall–Kier alpha value is -5.06. The van der Waals surface area contributed by atoms with Crippen LogP contribution < -0.4 is 0 Å². The van der Waals surface area contributed by atoms with Crippen LogP contribution in [0.15, 0.2) is 124 Å². The van der Waals surface area contributed by atoms with Crippen LogP contribution in [0.3, 0.4) is 0 Å². The van der Waals surface area contributed by atoms with Crippen molar-refractivity contribution in [3.63, 3.8) is 0 Å². The maximum atomic E-state index is 6.85. The molecule has 0 aliphatic rings. The number of fused-ring (bicyclic) bond motifs is 14. The van der Waals surface area contributed by atoms with Gasteiger partial charge in [-0.15, -0.1) is 11.3 Å². The maximum absolute atomic E-state index is 6.85. The molecule has 4 heteroatoms. The highest BCUT2D eigenvalue weighted by Crippen LogP contribution is 2.44. The molecular formula is C36H19NO2S. The van der Waals surface area contributed by atoms with E-state index in [2.05, 4.69) is 108 Å². The highest BCUT2D eigenvalue weighted by molar-refractivity contribution is 7.25. The average molecular weight is 530 g/mol. The Morgan fingerprint density at radius 3 is 2.10 bits per heavy atom. The van der Waals surface area contributed by atoms with Crippen molar-refractivity contribution in [2.24, 2.45) is 0 Å². The third-order valence-electron chi connectivity index (χ3n) is 8.40. The molecule has 4 aromatic heterocycles. The molecule has 10 aromatic rings. The van der Waals surface area contributed by atoms with Gasteiger partial charge in [0.25, 0.3) is 0 Å². The second kappa shape index (κ2) is 7.32. The molecule has 0 radical (unpaired) electrons. The van der Waals surface area contributed by atoms with Gasteiger partial charge in [0.2, 0.25) is 0 Å². The standard InChI is InChI=1S/C36H19NO2S/c1-4-10-27-24(8-1)33-28(37(27)20-13-18-32-26(19-20)21-7-3-6-12-31(21)40-32)16-14-22-23-15-17-30-34(36(23)39-35(22)33)25-9-2-5-11-29(25)38-30/h1-19H. The van der Waals surface area contributed by atoms with E-state index in [4.69, 9.17) is 8.83 Å². The molecule has 0 N–H and O–H groups in total. The van der Waals surface area contributed by atoms with E-state index >= 15 is 0 Å². The van der Waals surface area contributed by atoms with Gasteiger partial charge in [-0.05, 0) is 60.7 Å². The van der Waals surface area contributed by atoms with Crippen molar-refractivity contribution < 1.29 is 8.83 Å². The summed E-state index contributed by atoms with van der Waals surface area (Å²) in [4.78, 5) is 0. The monoisotopic (exact) mass is 529 g/mol. The van der Waals surface area contributed by atoms with Crippen molar-refractivity contribution in [1.82, 2.24) is 4.57 Å². The highest BCUT2D eigenvalue weighted by atomic mass is 32.1. The van der Waals surface area contributed by atoms with Gasteiger partial charge < -0.3 is 13.4 Å². The largest absolute Gasteiger partial charge is 0.456 e. The predicted octanol–water partition coefficient (Wildman–Crippen LogP) is 11.0. The Bertz CT molecular complexity index is 2660. The van der Waals surface area contributed by atoms with Crippen LogP contribution in [-0.4, -0.2) is 4.57 Å². The Kier molecular flexibility index (Phi) is 3.81. The van der Waals surface area contributed by atoms with Gasteiger partial charge in [-0.25, -0.2) is 0 Å². The van der Waals surface area contributed by atoms with Gasteiger partial charge in [-0.2, -0.15) is 0 Å². The first-order valence-corrected chi connectivity index (χ1v) is 14.3. The van der Waals surface area contributed by atoms with E-state index < -0.39 is 0 Å². The number of rotatable bonds is 1. The zero-order valence-electron chi connectivity index (χ0n) is 21.1. The number of benzene rings is 6. The fourth-order valence-corrected chi connectivity index (χ4v) is 7.77. The van der Waals surface area contributed by atoms with Crippen LogP contribution >= 0.6 is 11.3 Å². The van der Waals surface area contributed by atoms with E-state index in [-0.39, 0.29) is 0 Å². The van der Waals surface area contributed by atoms with Gasteiger partial charge in [0.15, 0.2) is 0 Å². The highest BCUT2D eigenvalue weighted by Gasteiger charge is 2.21. The van der Waals surface area contributed by atoms with Crippen molar-refractivity contribution in [2.75, 3.05) is 0 Å². The van der Waals surface area contributed by atoms with Gasteiger partial charge >= 0.3 is 0 Å². The zero-order valence-corrected chi connectivity index (χ0v) is 22.0. The molecule has 0 aliphatic heterocycles. The molecule has 6 aromatic carbocycles. The molecule has 0 spiro atoms. The number of nitrogens with zero attached hydrogens (tertiary/aromatic N) is 1. The lowest BCUT2D eigenvalue weighted by molar-refractivity contribution is 0.664. The fourth-order valence-electron chi connectivity index (χ4n) is 6.68. The summed E-state index contributed by atoms with van der Waals surface area (Å²) in [7, 11) is 0. The topological polar surface area (TPSA) is 31.2 Å². The minimum absolute atomic E-state index is 0.850. The summed E-state index contributed by atoms with van der Waals surface area (Å²) >= 11 is 1.85. The molecule has 10 rings (SSSR count). The van der Waals surface area contributed by atoms with E-state index in [0.717, 1.165) is 60.5 Å². The lowest BCUT2D eigenvalue weighted by Crippen LogP contribution is -1.93. The zero-order chi connectivity index (χ0) is 25.9. The summed E-state index contributed by atoms with van der Waals surface area (Å²) in [5.41, 5.74) is 6.99. The van der Waals surface area contributed by atoms with E-state index in [1.807, 2.05) is 23.5 Å². The number of furan rings is 2. The number of thiophene rings is 1. The molecule has 0 saturated carbocycles. The van der Waals surface area contributed by atoms with Crippen LogP contribution in [0.5, 0.6) is 0 Å². The molecule has 0 unspecified atom stereocenters. The molecule has 40 heavy (non-hydrogen) atoms. The number of aromatic nitrogens is 1. The smallest absolute Gasteiger partial charge is 0.147 e. The average Bonchev–Trinajstić information content (AvgIpc) is 3.74. The summed E-state index contributed by atoms with van der Waals surface area (Å²) in [6.45, 7) is 0. The molecule has 0 atom stereocenters. The third kappa shape index (κ3) is 2.54. The van der Waals surface area contributed by atoms with Crippen molar-refractivity contribution in [3.05, 3.63) is 115 Å². The summed E-state index contributed by atoms with van der Waals surface area (Å²) in [6.07, 6.45) is 0. The Balaban J connectivity index is 1.35. The van der Waals surface area contributed by atoms with E-state index in [0.29, 0.717) is 0 Å². The first kappa shape index (κ1) is 20.8. The van der Waals surface area contributed by atoms with Crippen LogP contribution in [0.1, 0.15) is 0 Å². The summed E-state index contributed by atoms with van der Waals surface area (Å²) in [6, 6.07) is 41.0. The fraction of sp³-hybridized carbons (Fsp3) is 0. The van der Waals surface area contributed by atoms with Crippen molar-refractivity contribution >= 4 is 97.2 Å². The lowest BCUT2D eigenvalue weighted by Gasteiger charge is -2.08. The quantitative estimate of drug-likeness (QED) is 0.212. The lowest BCUT2D eigenvalue weighted by atomic mass is 10.1. The first-order valence-electron chi connectivity index (χ1n) is 13.4. The SMILES string of the molecule is c1ccc2c(c1)oc1ccc3c4ccc5c(c6ccccc6n5-c5ccc6sc7ccccc7c6c5)c4oc3c12. The van der Waals surface area contributed by atoms with Crippen molar-refractivity contribution in [3.8, 4) is 5.69 Å².